The van der Waals surface area contributed by atoms with Crippen LogP contribution in [0.1, 0.15) is 23.9 Å². The lowest BCUT2D eigenvalue weighted by Gasteiger charge is -2.22. The fraction of sp³-hybridized carbons (Fsp3) is 0.667. The summed E-state index contributed by atoms with van der Waals surface area (Å²) >= 11 is 1.69. The number of aryl methyl sites for hydroxylation is 1. The zero-order valence-electron chi connectivity index (χ0n) is 10.2. The number of hydrogen-bond acceptors (Lipinski definition) is 4. The summed E-state index contributed by atoms with van der Waals surface area (Å²) in [4.78, 5) is 18.8. The number of carbonyl (C=O) groups is 1. The minimum atomic E-state index is -0.658. The highest BCUT2D eigenvalue weighted by Gasteiger charge is 2.35. The lowest BCUT2D eigenvalue weighted by molar-refractivity contribution is -0.142. The second-order valence-electron chi connectivity index (χ2n) is 4.62. The van der Waals surface area contributed by atoms with Crippen LogP contribution in [-0.4, -0.2) is 40.1 Å². The van der Waals surface area contributed by atoms with Crippen LogP contribution in [0.3, 0.4) is 0 Å². The van der Waals surface area contributed by atoms with E-state index in [2.05, 4.69) is 9.88 Å². The zero-order chi connectivity index (χ0) is 12.4. The van der Waals surface area contributed by atoms with Gasteiger partial charge < -0.3 is 5.11 Å². The molecule has 0 spiro atoms. The molecule has 0 saturated carbocycles. The second-order valence-corrected chi connectivity index (χ2v) is 5.56. The van der Waals surface area contributed by atoms with Crippen molar-refractivity contribution in [1.82, 2.24) is 9.88 Å². The Bertz CT molecular complexity index is 405. The van der Waals surface area contributed by atoms with Crippen molar-refractivity contribution < 1.29 is 9.90 Å². The predicted molar refractivity (Wildman–Crippen MR) is 67.3 cm³/mol. The van der Waals surface area contributed by atoms with Crippen LogP contribution in [0, 0.1) is 12.8 Å². The minimum Gasteiger partial charge on any atom is -0.481 e. The first-order chi connectivity index (χ1) is 8.09. The average Bonchev–Trinajstić information content (AvgIpc) is 2.82. The summed E-state index contributed by atoms with van der Waals surface area (Å²) in [7, 11) is 0. The molecule has 2 heterocycles. The van der Waals surface area contributed by atoms with Gasteiger partial charge in [0.25, 0.3) is 0 Å². The van der Waals surface area contributed by atoms with Crippen molar-refractivity contribution in [3.63, 3.8) is 0 Å². The minimum absolute atomic E-state index is 0.153. The Morgan fingerprint density at radius 3 is 3.00 bits per heavy atom. The van der Waals surface area contributed by atoms with E-state index in [-0.39, 0.29) is 12.0 Å². The van der Waals surface area contributed by atoms with Crippen molar-refractivity contribution in [2.24, 2.45) is 5.92 Å². The number of thiazole rings is 1. The molecule has 0 bridgehead atoms. The molecule has 17 heavy (non-hydrogen) atoms. The fourth-order valence-electron chi connectivity index (χ4n) is 2.46. The summed E-state index contributed by atoms with van der Waals surface area (Å²) in [5.74, 6) is -0.855. The number of hydrogen-bond donors (Lipinski definition) is 1. The van der Waals surface area contributed by atoms with Gasteiger partial charge in [-0.3, -0.25) is 9.69 Å². The summed E-state index contributed by atoms with van der Waals surface area (Å²) in [6, 6.07) is 0.153. The van der Waals surface area contributed by atoms with Crippen molar-refractivity contribution in [3.05, 3.63) is 16.1 Å². The Morgan fingerprint density at radius 1 is 1.71 bits per heavy atom. The maximum Gasteiger partial charge on any atom is 0.308 e. The molecule has 94 valence electrons. The highest BCUT2D eigenvalue weighted by molar-refractivity contribution is 7.09. The Kier molecular flexibility index (Phi) is 3.79. The largest absolute Gasteiger partial charge is 0.481 e. The van der Waals surface area contributed by atoms with Gasteiger partial charge in [0.05, 0.1) is 17.1 Å². The third-order valence-electron chi connectivity index (χ3n) is 3.67. The smallest absolute Gasteiger partial charge is 0.308 e. The van der Waals surface area contributed by atoms with E-state index in [0.717, 1.165) is 31.6 Å². The third kappa shape index (κ3) is 2.66. The lowest BCUT2D eigenvalue weighted by atomic mass is 10.0. The van der Waals surface area contributed by atoms with Crippen molar-refractivity contribution in [1.29, 1.82) is 0 Å². The van der Waals surface area contributed by atoms with Gasteiger partial charge in [0.2, 0.25) is 0 Å². The first kappa shape index (κ1) is 12.5. The van der Waals surface area contributed by atoms with Crippen LogP contribution in [0.2, 0.25) is 0 Å². The van der Waals surface area contributed by atoms with Crippen molar-refractivity contribution >= 4 is 17.3 Å². The zero-order valence-corrected chi connectivity index (χ0v) is 11.0. The monoisotopic (exact) mass is 254 g/mol. The number of aromatic nitrogens is 1. The Labute approximate surface area is 105 Å². The third-order valence-corrected chi connectivity index (χ3v) is 4.67. The molecule has 0 radical (unpaired) electrons. The number of carboxylic acids is 1. The van der Waals surface area contributed by atoms with Gasteiger partial charge in [-0.15, -0.1) is 11.3 Å². The van der Waals surface area contributed by atoms with E-state index in [4.69, 9.17) is 5.11 Å². The molecular formula is C12H18N2O2S. The molecule has 0 amide bonds. The molecule has 2 atom stereocenters. The Morgan fingerprint density at radius 2 is 2.47 bits per heavy atom. The molecule has 1 aliphatic heterocycles. The number of likely N-dealkylation sites (tertiary alicyclic amines) is 1. The highest BCUT2D eigenvalue weighted by atomic mass is 32.1. The molecule has 0 aromatic carbocycles. The average molecular weight is 254 g/mol. The second kappa shape index (κ2) is 5.14. The normalized spacial score (nSPS) is 25.3. The summed E-state index contributed by atoms with van der Waals surface area (Å²) < 4.78 is 0. The van der Waals surface area contributed by atoms with Crippen LogP contribution in [0.5, 0.6) is 0 Å². The molecule has 1 aromatic heterocycles. The lowest BCUT2D eigenvalue weighted by Crippen LogP contribution is -2.34. The summed E-state index contributed by atoms with van der Waals surface area (Å²) in [6.45, 7) is 5.88. The van der Waals surface area contributed by atoms with Gasteiger partial charge in [-0.25, -0.2) is 4.98 Å². The van der Waals surface area contributed by atoms with E-state index in [1.54, 1.807) is 11.3 Å². The van der Waals surface area contributed by atoms with Crippen LogP contribution in [0.4, 0.5) is 0 Å². The molecule has 1 aliphatic rings. The molecular weight excluding hydrogens is 236 g/mol. The topological polar surface area (TPSA) is 53.4 Å². The van der Waals surface area contributed by atoms with E-state index in [9.17, 15) is 4.79 Å². The molecule has 1 fully saturated rings. The standard InChI is InChI=1S/C12H18N2O2S/c1-8-11(17-7-13-8)4-6-14-5-3-10(9(14)2)12(15)16/h7,9-10H,3-6H2,1-2H3,(H,15,16). The van der Waals surface area contributed by atoms with Crippen LogP contribution in [0.25, 0.3) is 0 Å². The van der Waals surface area contributed by atoms with Crippen LogP contribution in [0.15, 0.2) is 5.51 Å². The predicted octanol–water partition coefficient (Wildman–Crippen LogP) is 1.79. The van der Waals surface area contributed by atoms with Crippen LogP contribution >= 0.6 is 11.3 Å². The number of nitrogens with zero attached hydrogens (tertiary/aromatic N) is 2. The van der Waals surface area contributed by atoms with E-state index in [1.807, 2.05) is 19.4 Å². The van der Waals surface area contributed by atoms with Gasteiger partial charge in [-0.1, -0.05) is 0 Å². The van der Waals surface area contributed by atoms with Gasteiger partial charge in [0.1, 0.15) is 0 Å². The number of carboxylic acid groups (broad SMARTS) is 1. The van der Waals surface area contributed by atoms with Crippen LogP contribution < -0.4 is 0 Å². The van der Waals surface area contributed by atoms with Gasteiger partial charge in [-0.05, 0) is 33.2 Å². The number of aliphatic carboxylic acids is 1. The maximum atomic E-state index is 11.0. The fourth-order valence-corrected chi connectivity index (χ4v) is 3.23. The summed E-state index contributed by atoms with van der Waals surface area (Å²) in [5, 5.41) is 9.06. The van der Waals surface area contributed by atoms with Crippen molar-refractivity contribution in [3.8, 4) is 0 Å². The van der Waals surface area contributed by atoms with Crippen LogP contribution in [-0.2, 0) is 11.2 Å². The summed E-state index contributed by atoms with van der Waals surface area (Å²) in [5.41, 5.74) is 2.98. The van der Waals surface area contributed by atoms with Gasteiger partial charge in [0, 0.05) is 17.5 Å². The molecule has 1 saturated heterocycles. The molecule has 2 unspecified atom stereocenters. The van der Waals surface area contributed by atoms with E-state index in [1.165, 1.54) is 4.88 Å². The molecule has 2 rings (SSSR count). The molecule has 1 aromatic rings. The van der Waals surface area contributed by atoms with Gasteiger partial charge in [-0.2, -0.15) is 0 Å². The molecule has 1 N–H and O–H groups in total. The van der Waals surface area contributed by atoms with E-state index < -0.39 is 5.97 Å². The first-order valence-electron chi connectivity index (χ1n) is 5.95. The first-order valence-corrected chi connectivity index (χ1v) is 6.83. The van der Waals surface area contributed by atoms with Crippen molar-refractivity contribution in [2.75, 3.05) is 13.1 Å². The highest BCUT2D eigenvalue weighted by Crippen LogP contribution is 2.25. The quantitative estimate of drug-likeness (QED) is 0.890. The molecule has 0 aliphatic carbocycles. The van der Waals surface area contributed by atoms with E-state index in [0.29, 0.717) is 0 Å². The SMILES string of the molecule is Cc1ncsc1CCN1CCC(C(=O)O)C1C. The summed E-state index contributed by atoms with van der Waals surface area (Å²) in [6.07, 6.45) is 1.76. The maximum absolute atomic E-state index is 11.0. The molecule has 5 heteroatoms. The number of rotatable bonds is 4. The van der Waals surface area contributed by atoms with Gasteiger partial charge >= 0.3 is 5.97 Å². The van der Waals surface area contributed by atoms with Gasteiger partial charge in [0.15, 0.2) is 0 Å². The Balaban J connectivity index is 1.89. The molecule has 4 nitrogen and oxygen atoms in total. The van der Waals surface area contributed by atoms with Crippen molar-refractivity contribution in [2.45, 2.75) is 32.7 Å². The van der Waals surface area contributed by atoms with E-state index >= 15 is 0 Å². The Hall–Kier alpha value is -0.940.